The minimum Gasteiger partial charge on any atom is -0.508 e. The van der Waals surface area contributed by atoms with Crippen LogP contribution in [0.3, 0.4) is 0 Å². The van der Waals surface area contributed by atoms with E-state index < -0.39 is 0 Å². The summed E-state index contributed by atoms with van der Waals surface area (Å²) in [5.41, 5.74) is 4.65. The van der Waals surface area contributed by atoms with Crippen LogP contribution in [0.4, 0.5) is 0 Å². The maximum absolute atomic E-state index is 9.87. The van der Waals surface area contributed by atoms with Gasteiger partial charge in [0.1, 0.15) is 11.5 Å². The van der Waals surface area contributed by atoms with Gasteiger partial charge in [-0.05, 0) is 90.7 Å². The van der Waals surface area contributed by atoms with Crippen LogP contribution in [-0.2, 0) is 5.41 Å². The van der Waals surface area contributed by atoms with Gasteiger partial charge in [-0.3, -0.25) is 0 Å². The number of hydrogen-bond donors (Lipinski definition) is 2. The van der Waals surface area contributed by atoms with Crippen LogP contribution in [0.25, 0.3) is 0 Å². The fraction of sp³-hybridized carbons (Fsp3) is 0.500. The lowest BCUT2D eigenvalue weighted by Gasteiger charge is -2.43. The molecule has 3 rings (SSSR count). The van der Waals surface area contributed by atoms with Crippen LogP contribution >= 0.6 is 0 Å². The Morgan fingerprint density at radius 1 is 0.885 bits per heavy atom. The van der Waals surface area contributed by atoms with Gasteiger partial charge in [0.15, 0.2) is 0 Å². The fourth-order valence-corrected chi connectivity index (χ4v) is 4.64. The molecule has 26 heavy (non-hydrogen) atoms. The van der Waals surface area contributed by atoms with E-state index in [2.05, 4.69) is 45.0 Å². The second-order valence-electron chi connectivity index (χ2n) is 8.86. The van der Waals surface area contributed by atoms with Crippen molar-refractivity contribution in [1.29, 1.82) is 0 Å². The molecular formula is C24H32O2. The van der Waals surface area contributed by atoms with E-state index in [1.807, 2.05) is 26.0 Å². The Balaban J connectivity index is 1.88. The molecule has 2 aromatic rings. The van der Waals surface area contributed by atoms with E-state index in [4.69, 9.17) is 0 Å². The molecule has 0 aliphatic heterocycles. The van der Waals surface area contributed by atoms with E-state index in [9.17, 15) is 10.2 Å². The van der Waals surface area contributed by atoms with Crippen LogP contribution in [0, 0.1) is 25.7 Å². The first kappa shape index (κ1) is 18.8. The molecule has 2 N–H and O–H groups in total. The van der Waals surface area contributed by atoms with Gasteiger partial charge in [0.2, 0.25) is 0 Å². The summed E-state index contributed by atoms with van der Waals surface area (Å²) in [6.45, 7) is 11.0. The molecule has 1 fully saturated rings. The monoisotopic (exact) mass is 352 g/mol. The zero-order chi connectivity index (χ0) is 19.1. The van der Waals surface area contributed by atoms with Gasteiger partial charge in [0.25, 0.3) is 0 Å². The molecule has 0 spiro atoms. The smallest absolute Gasteiger partial charge is 0.118 e. The molecule has 0 bridgehead atoms. The number of phenols is 2. The van der Waals surface area contributed by atoms with Gasteiger partial charge in [-0.1, -0.05) is 45.0 Å². The van der Waals surface area contributed by atoms with E-state index in [1.54, 1.807) is 0 Å². The van der Waals surface area contributed by atoms with Gasteiger partial charge in [0.05, 0.1) is 0 Å². The lowest BCUT2D eigenvalue weighted by atomic mass is 9.61. The number of phenolic OH excluding ortho intramolecular Hbond substituents is 2. The standard InChI is InChI=1S/C24H32O2/c1-15-6-8-20(14-21(15)18-7-10-22(25)16(2)12-18)24(4,5)19-9-11-23(26)17(3)13-19/h7,9-13,15,20-21,25-26H,6,8,14H2,1-5H3. The van der Waals surface area contributed by atoms with Crippen molar-refractivity contribution in [3.05, 3.63) is 58.7 Å². The quantitative estimate of drug-likeness (QED) is 0.689. The highest BCUT2D eigenvalue weighted by atomic mass is 16.3. The number of rotatable bonds is 3. The third-order valence-corrected chi connectivity index (χ3v) is 6.81. The Labute approximate surface area is 157 Å². The molecule has 0 amide bonds. The summed E-state index contributed by atoms with van der Waals surface area (Å²) in [6, 6.07) is 12.2. The normalized spacial score (nSPS) is 23.8. The van der Waals surface area contributed by atoms with Crippen LogP contribution < -0.4 is 0 Å². The van der Waals surface area contributed by atoms with Crippen LogP contribution in [0.5, 0.6) is 11.5 Å². The average molecular weight is 353 g/mol. The van der Waals surface area contributed by atoms with Gasteiger partial charge in [-0.25, -0.2) is 0 Å². The molecule has 3 atom stereocenters. The Morgan fingerprint density at radius 2 is 1.50 bits per heavy atom. The number of aryl methyl sites for hydroxylation is 2. The van der Waals surface area contributed by atoms with Crippen molar-refractivity contribution in [2.24, 2.45) is 11.8 Å². The SMILES string of the molecule is Cc1cc(C2CC(C(C)(C)c3ccc(O)c(C)c3)CCC2C)ccc1O. The fourth-order valence-electron chi connectivity index (χ4n) is 4.64. The minimum atomic E-state index is 0.0722. The maximum atomic E-state index is 9.87. The summed E-state index contributed by atoms with van der Waals surface area (Å²) in [4.78, 5) is 0. The Hall–Kier alpha value is -1.96. The van der Waals surface area contributed by atoms with E-state index in [-0.39, 0.29) is 5.41 Å². The highest BCUT2D eigenvalue weighted by Gasteiger charge is 2.38. The number of benzene rings is 2. The maximum Gasteiger partial charge on any atom is 0.118 e. The van der Waals surface area contributed by atoms with Gasteiger partial charge in [-0.2, -0.15) is 0 Å². The lowest BCUT2D eigenvalue weighted by molar-refractivity contribution is 0.177. The topological polar surface area (TPSA) is 40.5 Å². The highest BCUT2D eigenvalue weighted by Crippen LogP contribution is 2.48. The van der Waals surface area contributed by atoms with Crippen molar-refractivity contribution in [2.75, 3.05) is 0 Å². The van der Waals surface area contributed by atoms with Gasteiger partial charge in [0, 0.05) is 0 Å². The average Bonchev–Trinajstić information content (AvgIpc) is 2.60. The minimum absolute atomic E-state index is 0.0722. The number of hydrogen-bond acceptors (Lipinski definition) is 2. The second-order valence-corrected chi connectivity index (χ2v) is 8.86. The summed E-state index contributed by atoms with van der Waals surface area (Å²) in [5, 5.41) is 19.7. The summed E-state index contributed by atoms with van der Waals surface area (Å²) in [7, 11) is 0. The van der Waals surface area contributed by atoms with Crippen molar-refractivity contribution < 1.29 is 10.2 Å². The molecular weight excluding hydrogens is 320 g/mol. The Bertz CT molecular complexity index is 791. The zero-order valence-corrected chi connectivity index (χ0v) is 16.7. The zero-order valence-electron chi connectivity index (χ0n) is 16.7. The number of aromatic hydroxyl groups is 2. The first-order valence-electron chi connectivity index (χ1n) is 9.79. The molecule has 140 valence electrons. The van der Waals surface area contributed by atoms with Crippen molar-refractivity contribution in [2.45, 2.75) is 65.2 Å². The van der Waals surface area contributed by atoms with Crippen molar-refractivity contribution in [3.63, 3.8) is 0 Å². The molecule has 2 aromatic carbocycles. The lowest BCUT2D eigenvalue weighted by Crippen LogP contribution is -2.34. The first-order valence-corrected chi connectivity index (χ1v) is 9.79. The first-order chi connectivity index (χ1) is 12.2. The van der Waals surface area contributed by atoms with E-state index in [0.717, 1.165) is 17.5 Å². The second kappa shape index (κ2) is 6.98. The van der Waals surface area contributed by atoms with Gasteiger partial charge >= 0.3 is 0 Å². The molecule has 1 saturated carbocycles. The molecule has 0 heterocycles. The summed E-state index contributed by atoms with van der Waals surface area (Å²) < 4.78 is 0. The van der Waals surface area contributed by atoms with Crippen molar-refractivity contribution in [3.8, 4) is 11.5 Å². The molecule has 1 aliphatic rings. The van der Waals surface area contributed by atoms with E-state index in [0.29, 0.717) is 29.3 Å². The molecule has 2 heteroatoms. The van der Waals surface area contributed by atoms with Crippen LogP contribution in [0.15, 0.2) is 36.4 Å². The summed E-state index contributed by atoms with van der Waals surface area (Å²) in [6.07, 6.45) is 3.63. The van der Waals surface area contributed by atoms with Crippen LogP contribution in [0.2, 0.25) is 0 Å². The molecule has 0 radical (unpaired) electrons. The highest BCUT2D eigenvalue weighted by molar-refractivity contribution is 5.39. The van der Waals surface area contributed by atoms with E-state index >= 15 is 0 Å². The molecule has 2 nitrogen and oxygen atoms in total. The summed E-state index contributed by atoms with van der Waals surface area (Å²) >= 11 is 0. The summed E-state index contributed by atoms with van der Waals surface area (Å²) in [5.74, 6) is 2.55. The van der Waals surface area contributed by atoms with Gasteiger partial charge in [-0.15, -0.1) is 0 Å². The van der Waals surface area contributed by atoms with Gasteiger partial charge < -0.3 is 10.2 Å². The predicted molar refractivity (Wildman–Crippen MR) is 108 cm³/mol. The van der Waals surface area contributed by atoms with E-state index in [1.165, 1.54) is 24.0 Å². The third-order valence-electron chi connectivity index (χ3n) is 6.81. The van der Waals surface area contributed by atoms with Crippen LogP contribution in [-0.4, -0.2) is 10.2 Å². The Kier molecular flexibility index (Phi) is 5.05. The molecule has 0 aromatic heterocycles. The van der Waals surface area contributed by atoms with Crippen molar-refractivity contribution in [1.82, 2.24) is 0 Å². The third kappa shape index (κ3) is 3.47. The van der Waals surface area contributed by atoms with Crippen LogP contribution in [0.1, 0.15) is 68.2 Å². The molecule has 0 saturated heterocycles. The molecule has 3 unspecified atom stereocenters. The van der Waals surface area contributed by atoms with Crippen molar-refractivity contribution >= 4 is 0 Å². The predicted octanol–water partition coefficient (Wildman–Crippen LogP) is 6.21. The molecule has 1 aliphatic carbocycles. The largest absolute Gasteiger partial charge is 0.508 e. The Morgan fingerprint density at radius 3 is 2.12 bits per heavy atom.